The fourth-order valence-corrected chi connectivity index (χ4v) is 2.61. The molecule has 0 aliphatic heterocycles. The van der Waals surface area contributed by atoms with Gasteiger partial charge in [0.1, 0.15) is 5.82 Å². The summed E-state index contributed by atoms with van der Waals surface area (Å²) in [6, 6.07) is 0. The molecule has 128 valence electrons. The van der Waals surface area contributed by atoms with Crippen LogP contribution in [0.2, 0.25) is 0 Å². The Morgan fingerprint density at radius 3 is 2.22 bits per heavy atom. The van der Waals surface area contributed by atoms with Crippen LogP contribution in [0, 0.1) is 18.8 Å². The molecule has 1 aliphatic rings. The molecule has 2 heteroatoms. The standard InChI is InChI=1S/C17H22N2.2C2H6/c1-4-6-15(7-5-2)16-8-14(9-16)10-17-18-11-13(3)12-19-17;2*1-2/h4-7,11-12,14,16H,1,8-10H2,2-3H3;2*1-2H3/b7-5-,15-6+;;. The lowest BCUT2D eigenvalue weighted by Crippen LogP contribution is -2.27. The monoisotopic (exact) mass is 314 g/mol. The maximum atomic E-state index is 4.39. The van der Waals surface area contributed by atoms with E-state index < -0.39 is 0 Å². The highest BCUT2D eigenvalue weighted by Gasteiger charge is 2.31. The van der Waals surface area contributed by atoms with Gasteiger partial charge >= 0.3 is 0 Å². The first-order chi connectivity index (χ1) is 11.2. The van der Waals surface area contributed by atoms with Crippen LogP contribution < -0.4 is 0 Å². The SMILES string of the molecule is C=C/C=C(\C=C/C)C1CC(Cc2ncc(C)cn2)C1.CC.CC. The number of allylic oxidation sites excluding steroid dienone is 5. The Labute approximate surface area is 143 Å². The first-order valence-electron chi connectivity index (χ1n) is 8.95. The Bertz CT molecular complexity index is 477. The summed E-state index contributed by atoms with van der Waals surface area (Å²) in [6.07, 6.45) is 15.6. The van der Waals surface area contributed by atoms with Crippen molar-refractivity contribution < 1.29 is 0 Å². The predicted molar refractivity (Wildman–Crippen MR) is 102 cm³/mol. The average molecular weight is 315 g/mol. The molecule has 0 bridgehead atoms. The lowest BCUT2D eigenvalue weighted by molar-refractivity contribution is 0.227. The molecule has 2 nitrogen and oxygen atoms in total. The largest absolute Gasteiger partial charge is 0.241 e. The van der Waals surface area contributed by atoms with Crippen molar-refractivity contribution in [3.63, 3.8) is 0 Å². The number of hydrogen-bond donors (Lipinski definition) is 0. The Morgan fingerprint density at radius 2 is 1.74 bits per heavy atom. The van der Waals surface area contributed by atoms with Crippen LogP contribution >= 0.6 is 0 Å². The number of hydrogen-bond acceptors (Lipinski definition) is 2. The highest BCUT2D eigenvalue weighted by molar-refractivity contribution is 5.27. The van der Waals surface area contributed by atoms with Crippen molar-refractivity contribution in [2.24, 2.45) is 11.8 Å². The number of nitrogens with zero attached hydrogens (tertiary/aromatic N) is 2. The molecular formula is C21H34N2. The third-order valence-corrected chi connectivity index (χ3v) is 3.68. The van der Waals surface area contributed by atoms with Gasteiger partial charge in [0.05, 0.1) is 0 Å². The minimum Gasteiger partial charge on any atom is -0.241 e. The summed E-state index contributed by atoms with van der Waals surface area (Å²) in [5.74, 6) is 2.39. The molecule has 0 amide bonds. The van der Waals surface area contributed by atoms with Gasteiger partial charge in [0, 0.05) is 18.8 Å². The molecule has 1 heterocycles. The summed E-state index contributed by atoms with van der Waals surface area (Å²) in [6.45, 7) is 15.9. The number of aromatic nitrogens is 2. The molecule has 0 atom stereocenters. The van der Waals surface area contributed by atoms with Crippen molar-refractivity contribution in [2.45, 2.75) is 60.8 Å². The summed E-state index contributed by atoms with van der Waals surface area (Å²) in [4.78, 5) is 8.77. The van der Waals surface area contributed by atoms with E-state index in [4.69, 9.17) is 0 Å². The molecule has 1 fully saturated rings. The summed E-state index contributed by atoms with van der Waals surface area (Å²) in [5, 5.41) is 0. The molecule has 23 heavy (non-hydrogen) atoms. The molecule has 1 aromatic heterocycles. The Morgan fingerprint density at radius 1 is 1.17 bits per heavy atom. The number of rotatable bonds is 5. The van der Waals surface area contributed by atoms with Gasteiger partial charge in [-0.1, -0.05) is 58.6 Å². The highest BCUT2D eigenvalue weighted by Crippen LogP contribution is 2.40. The molecule has 0 unspecified atom stereocenters. The van der Waals surface area contributed by atoms with E-state index in [0.29, 0.717) is 5.92 Å². The van der Waals surface area contributed by atoms with E-state index in [-0.39, 0.29) is 0 Å². The lowest BCUT2D eigenvalue weighted by atomic mass is 9.69. The fraction of sp³-hybridized carbons (Fsp3) is 0.524. The van der Waals surface area contributed by atoms with E-state index in [1.165, 1.54) is 18.4 Å². The van der Waals surface area contributed by atoms with Crippen LogP contribution in [-0.2, 0) is 6.42 Å². The van der Waals surface area contributed by atoms with Crippen LogP contribution in [0.4, 0.5) is 0 Å². The zero-order valence-electron chi connectivity index (χ0n) is 15.8. The zero-order valence-corrected chi connectivity index (χ0v) is 15.8. The molecule has 0 saturated heterocycles. The van der Waals surface area contributed by atoms with Crippen molar-refractivity contribution in [2.75, 3.05) is 0 Å². The summed E-state index contributed by atoms with van der Waals surface area (Å²) in [5.41, 5.74) is 2.53. The van der Waals surface area contributed by atoms with Gasteiger partial charge in [0.15, 0.2) is 0 Å². The van der Waals surface area contributed by atoms with Crippen molar-refractivity contribution in [1.82, 2.24) is 9.97 Å². The second kappa shape index (κ2) is 12.8. The third kappa shape index (κ3) is 7.40. The van der Waals surface area contributed by atoms with Gasteiger partial charge in [-0.2, -0.15) is 0 Å². The number of aryl methyl sites for hydroxylation is 1. The van der Waals surface area contributed by atoms with E-state index in [0.717, 1.165) is 23.7 Å². The van der Waals surface area contributed by atoms with Crippen LogP contribution in [0.25, 0.3) is 0 Å². The molecule has 1 aliphatic carbocycles. The van der Waals surface area contributed by atoms with E-state index in [2.05, 4.69) is 41.7 Å². The van der Waals surface area contributed by atoms with Crippen molar-refractivity contribution in [1.29, 1.82) is 0 Å². The van der Waals surface area contributed by atoms with Gasteiger partial charge in [-0.05, 0) is 49.7 Å². The van der Waals surface area contributed by atoms with Crippen LogP contribution in [0.3, 0.4) is 0 Å². The summed E-state index contributed by atoms with van der Waals surface area (Å²) >= 11 is 0. The second-order valence-electron chi connectivity index (χ2n) is 5.32. The van der Waals surface area contributed by atoms with Gasteiger partial charge in [-0.25, -0.2) is 9.97 Å². The quantitative estimate of drug-likeness (QED) is 0.614. The Balaban J connectivity index is 0.00000112. The van der Waals surface area contributed by atoms with Crippen LogP contribution in [0.5, 0.6) is 0 Å². The van der Waals surface area contributed by atoms with E-state index in [1.54, 1.807) is 0 Å². The fourth-order valence-electron chi connectivity index (χ4n) is 2.61. The lowest BCUT2D eigenvalue weighted by Gasteiger charge is -2.36. The molecule has 0 N–H and O–H groups in total. The zero-order chi connectivity index (χ0) is 17.7. The normalized spacial score (nSPS) is 19.8. The van der Waals surface area contributed by atoms with Crippen molar-refractivity contribution >= 4 is 0 Å². The summed E-state index contributed by atoms with van der Waals surface area (Å²) < 4.78 is 0. The maximum Gasteiger partial charge on any atom is 0.128 e. The minimum atomic E-state index is 0.685. The summed E-state index contributed by atoms with van der Waals surface area (Å²) in [7, 11) is 0. The molecule has 0 aromatic carbocycles. The van der Waals surface area contributed by atoms with Crippen molar-refractivity contribution in [3.8, 4) is 0 Å². The maximum absolute atomic E-state index is 4.39. The molecule has 1 saturated carbocycles. The second-order valence-corrected chi connectivity index (χ2v) is 5.32. The van der Waals surface area contributed by atoms with Gasteiger partial charge in [0.2, 0.25) is 0 Å². The van der Waals surface area contributed by atoms with Gasteiger partial charge in [-0.3, -0.25) is 0 Å². The molecule has 1 aromatic rings. The Hall–Kier alpha value is -1.70. The smallest absolute Gasteiger partial charge is 0.128 e. The van der Waals surface area contributed by atoms with Gasteiger partial charge in [-0.15, -0.1) is 0 Å². The highest BCUT2D eigenvalue weighted by atomic mass is 14.9. The average Bonchev–Trinajstić information content (AvgIpc) is 2.56. The molecule has 0 spiro atoms. The van der Waals surface area contributed by atoms with Crippen LogP contribution in [-0.4, -0.2) is 9.97 Å². The van der Waals surface area contributed by atoms with Gasteiger partial charge < -0.3 is 0 Å². The van der Waals surface area contributed by atoms with E-state index >= 15 is 0 Å². The predicted octanol–water partition coefficient (Wildman–Crippen LogP) is 6.09. The first kappa shape index (κ1) is 21.3. The van der Waals surface area contributed by atoms with Gasteiger partial charge in [0.25, 0.3) is 0 Å². The van der Waals surface area contributed by atoms with Crippen LogP contribution in [0.1, 0.15) is 58.8 Å². The van der Waals surface area contributed by atoms with Crippen LogP contribution in [0.15, 0.2) is 48.8 Å². The topological polar surface area (TPSA) is 25.8 Å². The van der Waals surface area contributed by atoms with Crippen molar-refractivity contribution in [3.05, 3.63) is 60.2 Å². The molecular weight excluding hydrogens is 280 g/mol. The first-order valence-corrected chi connectivity index (χ1v) is 8.95. The van der Waals surface area contributed by atoms with E-state index in [9.17, 15) is 0 Å². The molecule has 2 rings (SSSR count). The minimum absolute atomic E-state index is 0.685. The third-order valence-electron chi connectivity index (χ3n) is 3.68. The Kier molecular flexibility index (Phi) is 11.9. The molecule has 0 radical (unpaired) electrons. The van der Waals surface area contributed by atoms with E-state index in [1.807, 2.05) is 53.1 Å².